The van der Waals surface area contributed by atoms with Crippen LogP contribution in [0.25, 0.3) is 11.1 Å². The van der Waals surface area contributed by atoms with Crippen LogP contribution in [0.3, 0.4) is 0 Å². The molecule has 0 saturated carbocycles. The zero-order valence-corrected chi connectivity index (χ0v) is 13.4. The maximum atomic E-state index is 11.2. The number of hydrogen-bond donors (Lipinski definition) is 3. The fraction of sp³-hybridized carbons (Fsp3) is 0. The van der Waals surface area contributed by atoms with Gasteiger partial charge in [0.05, 0.1) is 9.79 Å². The third-order valence-electron chi connectivity index (χ3n) is 3.38. The van der Waals surface area contributed by atoms with Gasteiger partial charge in [0.15, 0.2) is 0 Å². The van der Waals surface area contributed by atoms with Crippen LogP contribution in [-0.2, 0) is 20.2 Å². The summed E-state index contributed by atoms with van der Waals surface area (Å²) in [4.78, 5) is 9.59. The van der Waals surface area contributed by atoms with Crippen molar-refractivity contribution in [1.29, 1.82) is 0 Å². The van der Waals surface area contributed by atoms with E-state index in [-0.39, 0.29) is 9.79 Å². The van der Waals surface area contributed by atoms with E-state index in [1.165, 1.54) is 36.4 Å². The van der Waals surface area contributed by atoms with Gasteiger partial charge in [-0.2, -0.15) is 16.8 Å². The third kappa shape index (κ3) is 2.39. The molecule has 10 heteroatoms. The fourth-order valence-corrected chi connectivity index (χ4v) is 5.08. The number of rotatable bonds is 2. The van der Waals surface area contributed by atoms with Gasteiger partial charge in [-0.05, 0) is 45.8 Å². The van der Waals surface area contributed by atoms with Gasteiger partial charge in [-0.25, -0.2) is 0 Å². The van der Waals surface area contributed by atoms with Crippen molar-refractivity contribution in [2.75, 3.05) is 0 Å². The number of hydrogen-bond acceptors (Lipinski definition) is 5. The smallest absolute Gasteiger partial charge is 0.294 e. The van der Waals surface area contributed by atoms with E-state index in [9.17, 15) is 21.6 Å². The zero-order chi connectivity index (χ0) is 16.3. The predicted molar refractivity (Wildman–Crippen MR) is 78.7 cm³/mol. The van der Waals surface area contributed by atoms with Gasteiger partial charge in [0.2, 0.25) is 0 Å². The van der Waals surface area contributed by atoms with E-state index in [1.54, 1.807) is 0 Å². The van der Waals surface area contributed by atoms with Gasteiger partial charge >= 0.3 is 0 Å². The van der Waals surface area contributed by atoms with Crippen LogP contribution >= 0.6 is 0 Å². The monoisotopic (exact) mass is 357 g/mol. The first-order valence-electron chi connectivity index (χ1n) is 5.89. The van der Waals surface area contributed by atoms with Crippen LogP contribution in [0.2, 0.25) is 0 Å². The Bertz CT molecular complexity index is 915. The summed E-state index contributed by atoms with van der Waals surface area (Å²) in [5, 5.41) is 0.972. The lowest BCUT2D eigenvalue weighted by molar-refractivity contribution is 0.481. The Morgan fingerprint density at radius 1 is 0.727 bits per heavy atom. The van der Waals surface area contributed by atoms with Crippen molar-refractivity contribution in [2.24, 2.45) is 0 Å². The maximum Gasteiger partial charge on any atom is 0.294 e. The van der Waals surface area contributed by atoms with E-state index < -0.39 is 29.3 Å². The second kappa shape index (κ2) is 4.71. The topological polar surface area (TPSA) is 129 Å². The molecule has 0 unspecified atom stereocenters. The average Bonchev–Trinajstić information content (AvgIpc) is 2.70. The Labute approximate surface area is 128 Å². The average molecular weight is 357 g/mol. The van der Waals surface area contributed by atoms with Crippen molar-refractivity contribution in [1.82, 2.24) is 0 Å². The van der Waals surface area contributed by atoms with Crippen LogP contribution < -0.4 is 10.4 Å². The second-order valence-corrected chi connectivity index (χ2v) is 9.33. The van der Waals surface area contributed by atoms with Crippen LogP contribution in [0.15, 0.2) is 46.2 Å². The van der Waals surface area contributed by atoms with Crippen LogP contribution in [-0.4, -0.2) is 39.8 Å². The molecule has 2 aromatic carbocycles. The first-order chi connectivity index (χ1) is 10.1. The lowest BCUT2D eigenvalue weighted by Gasteiger charge is -2.05. The summed E-state index contributed by atoms with van der Waals surface area (Å²) < 4.78 is 63.1. The molecule has 0 atom stereocenters. The third-order valence-corrected chi connectivity index (χ3v) is 6.97. The van der Waals surface area contributed by atoms with Crippen LogP contribution in [0.5, 0.6) is 0 Å². The highest BCUT2D eigenvalue weighted by Crippen LogP contribution is 2.27. The zero-order valence-electron chi connectivity index (χ0n) is 10.8. The van der Waals surface area contributed by atoms with Gasteiger partial charge in [0.25, 0.3) is 29.3 Å². The molecule has 7 nitrogen and oxygen atoms in total. The first-order valence-corrected chi connectivity index (χ1v) is 10.2. The van der Waals surface area contributed by atoms with Gasteiger partial charge in [-0.3, -0.25) is 9.11 Å². The van der Waals surface area contributed by atoms with Crippen molar-refractivity contribution in [3.05, 3.63) is 36.4 Å². The quantitative estimate of drug-likeness (QED) is 0.477. The van der Waals surface area contributed by atoms with Crippen molar-refractivity contribution < 1.29 is 30.7 Å². The molecule has 22 heavy (non-hydrogen) atoms. The van der Waals surface area contributed by atoms with Crippen molar-refractivity contribution in [3.8, 4) is 11.1 Å². The minimum Gasteiger partial charge on any atom is -0.424 e. The lowest BCUT2D eigenvalue weighted by Crippen LogP contribution is -2.37. The minimum atomic E-state index is -4.42. The minimum absolute atomic E-state index is 0.326. The summed E-state index contributed by atoms with van der Waals surface area (Å²) in [5.74, 6) is 0. The van der Waals surface area contributed by atoms with Crippen molar-refractivity contribution >= 4 is 39.6 Å². The molecule has 3 rings (SSSR count). The predicted octanol–water partition coefficient (Wildman–Crippen LogP) is -0.742. The molecule has 3 N–H and O–H groups in total. The lowest BCUT2D eigenvalue weighted by atomic mass is 10.1. The molecule has 0 fully saturated rings. The standard InChI is InChI=1S/C12H9O7S2Si/c13-20(14,15)7-1-3-11-9(5-7)10-6-8(21(16,17)18)2-4-12(10)22(11)19/h1-6,19H,(H,13,14,15)(H,16,17,18). The number of benzene rings is 2. The molecule has 0 spiro atoms. The Morgan fingerprint density at radius 2 is 1.09 bits per heavy atom. The van der Waals surface area contributed by atoms with Crippen LogP contribution in [0, 0.1) is 0 Å². The Balaban J connectivity index is 2.30. The summed E-state index contributed by atoms with van der Waals surface area (Å²) in [7, 11) is -11.0. The molecule has 1 heterocycles. The summed E-state index contributed by atoms with van der Waals surface area (Å²) in [6.45, 7) is 0. The molecule has 0 bridgehead atoms. The molecule has 0 aromatic heterocycles. The molecule has 115 valence electrons. The highest BCUT2D eigenvalue weighted by Gasteiger charge is 2.32. The van der Waals surface area contributed by atoms with Gasteiger partial charge in [-0.15, -0.1) is 0 Å². The normalized spacial score (nSPS) is 14.7. The highest BCUT2D eigenvalue weighted by molar-refractivity contribution is 7.86. The molecule has 1 radical (unpaired) electrons. The van der Waals surface area contributed by atoms with Gasteiger partial charge in [-0.1, -0.05) is 12.1 Å². The van der Waals surface area contributed by atoms with Crippen molar-refractivity contribution in [2.45, 2.75) is 9.79 Å². The first kappa shape index (κ1) is 15.3. The molecule has 0 aliphatic carbocycles. The van der Waals surface area contributed by atoms with E-state index in [2.05, 4.69) is 0 Å². The summed E-state index contributed by atoms with van der Waals surface area (Å²) in [5.41, 5.74) is 0.652. The molecule has 1 aliphatic rings. The Morgan fingerprint density at radius 3 is 1.41 bits per heavy atom. The Hall–Kier alpha value is -1.56. The van der Waals surface area contributed by atoms with Crippen molar-refractivity contribution in [3.63, 3.8) is 0 Å². The van der Waals surface area contributed by atoms with Gasteiger partial charge < -0.3 is 4.80 Å². The summed E-state index contributed by atoms with van der Waals surface area (Å²) in [6, 6.07) is 7.46. The largest absolute Gasteiger partial charge is 0.424 e. The molecular formula is C12H9O7S2Si. The molecule has 1 aliphatic heterocycles. The highest BCUT2D eigenvalue weighted by atomic mass is 32.2. The van der Waals surface area contributed by atoms with Gasteiger partial charge in [0, 0.05) is 0 Å². The summed E-state index contributed by atoms with van der Waals surface area (Å²) in [6.07, 6.45) is 0. The fourth-order valence-electron chi connectivity index (χ4n) is 2.37. The molecular weight excluding hydrogens is 348 g/mol. The maximum absolute atomic E-state index is 11.2. The molecule has 0 amide bonds. The Kier molecular flexibility index (Phi) is 3.29. The van der Waals surface area contributed by atoms with Crippen LogP contribution in [0.1, 0.15) is 0 Å². The van der Waals surface area contributed by atoms with E-state index in [4.69, 9.17) is 9.11 Å². The summed E-state index contributed by atoms with van der Waals surface area (Å²) >= 11 is 0. The molecule has 0 saturated heterocycles. The number of fused-ring (bicyclic) bond motifs is 3. The van der Waals surface area contributed by atoms with E-state index in [0.29, 0.717) is 21.5 Å². The second-order valence-electron chi connectivity index (χ2n) is 4.71. The van der Waals surface area contributed by atoms with E-state index in [1.807, 2.05) is 0 Å². The van der Waals surface area contributed by atoms with Crippen LogP contribution in [0.4, 0.5) is 0 Å². The van der Waals surface area contributed by atoms with E-state index in [0.717, 1.165) is 0 Å². The van der Waals surface area contributed by atoms with Gasteiger partial charge in [0.1, 0.15) is 0 Å². The SMILES string of the molecule is O=S(=O)(O)c1ccc2c(c1)-c1cc(S(=O)(=O)O)ccc1[Si]2O. The van der Waals surface area contributed by atoms with E-state index >= 15 is 0 Å². The molecule has 2 aromatic rings.